The molecular formula is C15H22N2O2. The fourth-order valence-electron chi connectivity index (χ4n) is 2.43. The maximum Gasteiger partial charge on any atom is 0.221 e. The van der Waals surface area contributed by atoms with Crippen LogP contribution in [0.4, 0.5) is 5.69 Å². The summed E-state index contributed by atoms with van der Waals surface area (Å²) in [7, 11) is 1.77. The van der Waals surface area contributed by atoms with Crippen molar-refractivity contribution in [1.82, 2.24) is 5.32 Å². The third-order valence-electron chi connectivity index (χ3n) is 3.62. The molecule has 1 aliphatic rings. The number of methoxy groups -OCH3 is 1. The summed E-state index contributed by atoms with van der Waals surface area (Å²) in [4.78, 5) is 11.1. The number of carbonyl (C=O) groups excluding carboxylic acids is 1. The van der Waals surface area contributed by atoms with E-state index in [4.69, 9.17) is 4.74 Å². The molecule has 0 radical (unpaired) electrons. The normalized spacial score (nSPS) is 23.5. The summed E-state index contributed by atoms with van der Waals surface area (Å²) in [5.41, 5.74) is 2.04. The van der Waals surface area contributed by atoms with Gasteiger partial charge in [0, 0.05) is 31.8 Å². The first-order valence-corrected chi connectivity index (χ1v) is 6.75. The molecule has 1 fully saturated rings. The average Bonchev–Trinajstić information content (AvgIpc) is 2.32. The zero-order chi connectivity index (χ0) is 13.8. The SMILES string of the molecule is COC1CC(NC(C)c2cccc(NC(C)=O)c2)C1. The van der Waals surface area contributed by atoms with Crippen molar-refractivity contribution in [3.05, 3.63) is 29.8 Å². The van der Waals surface area contributed by atoms with Gasteiger partial charge in [0.05, 0.1) is 6.10 Å². The van der Waals surface area contributed by atoms with Gasteiger partial charge in [-0.1, -0.05) is 12.1 Å². The summed E-state index contributed by atoms with van der Waals surface area (Å²) in [5, 5.41) is 6.40. The van der Waals surface area contributed by atoms with Gasteiger partial charge in [-0.05, 0) is 37.5 Å². The highest BCUT2D eigenvalue weighted by molar-refractivity contribution is 5.88. The summed E-state index contributed by atoms with van der Waals surface area (Å²) < 4.78 is 5.28. The van der Waals surface area contributed by atoms with Gasteiger partial charge in [-0.25, -0.2) is 0 Å². The molecule has 4 nitrogen and oxygen atoms in total. The van der Waals surface area contributed by atoms with E-state index in [9.17, 15) is 4.79 Å². The molecule has 0 saturated heterocycles. The van der Waals surface area contributed by atoms with E-state index in [0.29, 0.717) is 12.1 Å². The number of carbonyl (C=O) groups is 1. The molecule has 104 valence electrons. The number of rotatable bonds is 5. The first-order valence-electron chi connectivity index (χ1n) is 6.75. The Morgan fingerprint density at radius 1 is 1.42 bits per heavy atom. The average molecular weight is 262 g/mol. The van der Waals surface area contributed by atoms with E-state index >= 15 is 0 Å². The lowest BCUT2D eigenvalue weighted by Gasteiger charge is -2.36. The predicted octanol–water partition coefficient (Wildman–Crippen LogP) is 2.47. The molecule has 0 heterocycles. The highest BCUT2D eigenvalue weighted by Crippen LogP contribution is 2.26. The highest BCUT2D eigenvalue weighted by atomic mass is 16.5. The predicted molar refractivity (Wildman–Crippen MR) is 76.1 cm³/mol. The molecule has 1 aromatic carbocycles. The van der Waals surface area contributed by atoms with Gasteiger partial charge in [-0.15, -0.1) is 0 Å². The summed E-state index contributed by atoms with van der Waals surface area (Å²) in [6, 6.07) is 8.78. The molecular weight excluding hydrogens is 240 g/mol. The van der Waals surface area contributed by atoms with Crippen LogP contribution in [0.3, 0.4) is 0 Å². The van der Waals surface area contributed by atoms with E-state index in [0.717, 1.165) is 18.5 Å². The molecule has 0 aliphatic heterocycles. The Morgan fingerprint density at radius 2 is 2.16 bits per heavy atom. The van der Waals surface area contributed by atoms with Crippen LogP contribution in [0.25, 0.3) is 0 Å². The number of ether oxygens (including phenoxy) is 1. The largest absolute Gasteiger partial charge is 0.381 e. The molecule has 0 aromatic heterocycles. The van der Waals surface area contributed by atoms with E-state index < -0.39 is 0 Å². The fraction of sp³-hybridized carbons (Fsp3) is 0.533. The van der Waals surface area contributed by atoms with Crippen LogP contribution in [-0.2, 0) is 9.53 Å². The zero-order valence-corrected chi connectivity index (χ0v) is 11.8. The zero-order valence-electron chi connectivity index (χ0n) is 11.8. The minimum atomic E-state index is -0.0420. The number of hydrogen-bond acceptors (Lipinski definition) is 3. The van der Waals surface area contributed by atoms with Crippen molar-refractivity contribution in [2.75, 3.05) is 12.4 Å². The molecule has 19 heavy (non-hydrogen) atoms. The Balaban J connectivity index is 1.91. The maximum absolute atomic E-state index is 11.1. The lowest BCUT2D eigenvalue weighted by molar-refractivity contribution is -0.114. The molecule has 1 saturated carbocycles. The van der Waals surface area contributed by atoms with Crippen LogP contribution in [0.1, 0.15) is 38.3 Å². The van der Waals surface area contributed by atoms with Crippen molar-refractivity contribution in [3.63, 3.8) is 0 Å². The topological polar surface area (TPSA) is 50.4 Å². The Bertz CT molecular complexity index is 442. The number of anilines is 1. The molecule has 4 heteroatoms. The second kappa shape index (κ2) is 6.17. The molecule has 1 unspecified atom stereocenters. The van der Waals surface area contributed by atoms with Crippen molar-refractivity contribution in [2.45, 2.75) is 44.9 Å². The second-order valence-electron chi connectivity index (χ2n) is 5.22. The first kappa shape index (κ1) is 14.0. The molecule has 1 atom stereocenters. The summed E-state index contributed by atoms with van der Waals surface area (Å²) in [5.74, 6) is -0.0420. The van der Waals surface area contributed by atoms with E-state index in [1.54, 1.807) is 7.11 Å². The monoisotopic (exact) mass is 262 g/mol. The van der Waals surface area contributed by atoms with E-state index in [1.807, 2.05) is 18.2 Å². The molecule has 1 aromatic rings. The third-order valence-corrected chi connectivity index (χ3v) is 3.62. The Morgan fingerprint density at radius 3 is 2.79 bits per heavy atom. The Labute approximate surface area is 114 Å². The molecule has 1 amide bonds. The molecule has 0 bridgehead atoms. The molecule has 2 rings (SSSR count). The van der Waals surface area contributed by atoms with Crippen LogP contribution < -0.4 is 10.6 Å². The van der Waals surface area contributed by atoms with E-state index in [1.165, 1.54) is 12.5 Å². The van der Waals surface area contributed by atoms with Gasteiger partial charge in [0.2, 0.25) is 5.91 Å². The molecule has 0 spiro atoms. The van der Waals surface area contributed by atoms with Crippen LogP contribution in [0.15, 0.2) is 24.3 Å². The summed E-state index contributed by atoms with van der Waals surface area (Å²) in [6.07, 6.45) is 2.56. The molecule has 1 aliphatic carbocycles. The minimum Gasteiger partial charge on any atom is -0.381 e. The van der Waals surface area contributed by atoms with E-state index in [-0.39, 0.29) is 11.9 Å². The van der Waals surface area contributed by atoms with Crippen LogP contribution >= 0.6 is 0 Å². The van der Waals surface area contributed by atoms with Crippen molar-refractivity contribution in [3.8, 4) is 0 Å². The highest BCUT2D eigenvalue weighted by Gasteiger charge is 2.29. The minimum absolute atomic E-state index is 0.0420. The summed E-state index contributed by atoms with van der Waals surface area (Å²) in [6.45, 7) is 3.67. The second-order valence-corrected chi connectivity index (χ2v) is 5.22. The smallest absolute Gasteiger partial charge is 0.221 e. The van der Waals surface area contributed by atoms with Gasteiger partial charge in [0.1, 0.15) is 0 Å². The van der Waals surface area contributed by atoms with Crippen molar-refractivity contribution < 1.29 is 9.53 Å². The standard InChI is InChI=1S/C15H22N2O2/c1-10(16-14-8-15(9-14)19-3)12-5-4-6-13(7-12)17-11(2)18/h4-7,10,14-16H,8-9H2,1-3H3,(H,17,18). The van der Waals surface area contributed by atoms with Crippen molar-refractivity contribution in [1.29, 1.82) is 0 Å². The number of amides is 1. The van der Waals surface area contributed by atoms with E-state index in [2.05, 4.69) is 23.6 Å². The van der Waals surface area contributed by atoms with Gasteiger partial charge in [-0.2, -0.15) is 0 Å². The lowest BCUT2D eigenvalue weighted by Crippen LogP contribution is -2.45. The maximum atomic E-state index is 11.1. The van der Waals surface area contributed by atoms with Crippen LogP contribution in [0, 0.1) is 0 Å². The van der Waals surface area contributed by atoms with Gasteiger partial charge in [0.15, 0.2) is 0 Å². The number of nitrogens with one attached hydrogen (secondary N) is 2. The first-order chi connectivity index (χ1) is 9.08. The van der Waals surface area contributed by atoms with Gasteiger partial charge >= 0.3 is 0 Å². The van der Waals surface area contributed by atoms with Crippen molar-refractivity contribution >= 4 is 11.6 Å². The van der Waals surface area contributed by atoms with Gasteiger partial charge in [-0.3, -0.25) is 4.79 Å². The van der Waals surface area contributed by atoms with Crippen LogP contribution in [0.2, 0.25) is 0 Å². The third kappa shape index (κ3) is 3.78. The fourth-order valence-corrected chi connectivity index (χ4v) is 2.43. The lowest BCUT2D eigenvalue weighted by atomic mass is 9.88. The van der Waals surface area contributed by atoms with Crippen molar-refractivity contribution in [2.24, 2.45) is 0 Å². The Hall–Kier alpha value is -1.39. The van der Waals surface area contributed by atoms with Gasteiger partial charge < -0.3 is 15.4 Å². The Kier molecular flexibility index (Phi) is 4.56. The summed E-state index contributed by atoms with van der Waals surface area (Å²) >= 11 is 0. The van der Waals surface area contributed by atoms with Gasteiger partial charge in [0.25, 0.3) is 0 Å². The number of benzene rings is 1. The number of hydrogen-bond donors (Lipinski definition) is 2. The van der Waals surface area contributed by atoms with Crippen LogP contribution in [0.5, 0.6) is 0 Å². The van der Waals surface area contributed by atoms with Crippen LogP contribution in [-0.4, -0.2) is 25.2 Å². The quantitative estimate of drug-likeness (QED) is 0.857. The molecule has 2 N–H and O–H groups in total.